The molecule has 0 spiro atoms. The van der Waals surface area contributed by atoms with Crippen LogP contribution in [0, 0.1) is 0 Å². The number of rotatable bonds is 12. The van der Waals surface area contributed by atoms with Crippen molar-refractivity contribution in [3.8, 4) is 33.9 Å². The molecule has 2 aliphatic carbocycles. The number of allylic oxidation sites excluding steroid dienone is 2. The third-order valence-corrected chi connectivity index (χ3v) is 12.1. The molecule has 1 N–H and O–H groups in total. The molecule has 0 atom stereocenters. The van der Waals surface area contributed by atoms with E-state index in [4.69, 9.17) is 51.5 Å². The van der Waals surface area contributed by atoms with Gasteiger partial charge >= 0.3 is 0 Å². The average Bonchev–Trinajstić information content (AvgIpc) is 3.91. The molecular weight excluding hydrogens is 820 g/mol. The highest BCUT2D eigenvalue weighted by Gasteiger charge is 2.32. The molecule has 4 aromatic carbocycles. The standard InChI is InChI=1S/C42H32Cl4F2N4O3S/c43-26-14-17-37(33(45)21-26)51-41-29-10-8-7-9-24(29)19-31(41)39(49-51)35(47)11-5-3-1-2-4-6-12-36(48)40-32-20-25-13-16-28(56(53,54)55)23-30(25)42(32)52(50-40)38-18-15-27(44)22-34(38)46/h7-18,21-23H,1-6,19-20H2,(H,53,54,55)/b35-11-,36-12-. The molecule has 0 radical (unpaired) electrons. The fourth-order valence-corrected chi connectivity index (χ4v) is 8.98. The fraction of sp³-hybridized carbons (Fsp3) is 0.190. The number of hydrogen-bond acceptors (Lipinski definition) is 4. The summed E-state index contributed by atoms with van der Waals surface area (Å²) < 4.78 is 68.5. The normalized spacial score (nSPS) is 13.6. The molecule has 0 amide bonds. The monoisotopic (exact) mass is 850 g/mol. The molecule has 0 fully saturated rings. The minimum atomic E-state index is -4.48. The van der Waals surface area contributed by atoms with Crippen LogP contribution in [-0.4, -0.2) is 32.5 Å². The molecule has 2 aliphatic rings. The third kappa shape index (κ3) is 7.35. The topological polar surface area (TPSA) is 90.0 Å². The van der Waals surface area contributed by atoms with Crippen LogP contribution in [0.2, 0.25) is 20.1 Å². The summed E-state index contributed by atoms with van der Waals surface area (Å²) in [5.41, 5.74) is 7.57. The van der Waals surface area contributed by atoms with Crippen LogP contribution >= 0.6 is 46.4 Å². The van der Waals surface area contributed by atoms with Crippen molar-refractivity contribution in [2.45, 2.75) is 56.3 Å². The lowest BCUT2D eigenvalue weighted by Crippen LogP contribution is -2.02. The Morgan fingerprint density at radius 1 is 0.661 bits per heavy atom. The van der Waals surface area contributed by atoms with Crippen molar-refractivity contribution in [2.24, 2.45) is 0 Å². The largest absolute Gasteiger partial charge is 0.294 e. The van der Waals surface area contributed by atoms with Gasteiger partial charge in [-0.3, -0.25) is 4.55 Å². The van der Waals surface area contributed by atoms with E-state index in [9.17, 15) is 13.0 Å². The Kier molecular flexibility index (Phi) is 10.7. The molecule has 0 bridgehead atoms. The Morgan fingerprint density at radius 3 is 1.68 bits per heavy atom. The zero-order valence-electron chi connectivity index (χ0n) is 29.5. The summed E-state index contributed by atoms with van der Waals surface area (Å²) in [5.74, 6) is -0.891. The molecule has 0 saturated carbocycles. The van der Waals surface area contributed by atoms with Gasteiger partial charge in [-0.1, -0.05) is 89.6 Å². The summed E-state index contributed by atoms with van der Waals surface area (Å²) in [6.45, 7) is 0. The molecule has 8 rings (SSSR count). The van der Waals surface area contributed by atoms with Crippen molar-refractivity contribution in [1.29, 1.82) is 0 Å². The second-order valence-electron chi connectivity index (χ2n) is 13.8. The molecule has 0 saturated heterocycles. The number of aromatic nitrogens is 4. The van der Waals surface area contributed by atoms with Gasteiger partial charge < -0.3 is 0 Å². The van der Waals surface area contributed by atoms with Gasteiger partial charge in [-0.15, -0.1) is 0 Å². The SMILES string of the molecule is O=S(=O)(O)c1ccc2c(c1)-c1c(c(/C(F)=C/CCCCCC/C=C(\F)c3nn(-c4ccc(Cl)cc4Cl)c4c3Cc3ccccc3-4)nn1-c1ccc(Cl)cc1Cl)C2. The Labute approximate surface area is 342 Å². The first-order valence-corrected chi connectivity index (χ1v) is 20.9. The van der Waals surface area contributed by atoms with Gasteiger partial charge in [-0.2, -0.15) is 18.6 Å². The average molecular weight is 853 g/mol. The van der Waals surface area contributed by atoms with Gasteiger partial charge in [0.05, 0.1) is 37.7 Å². The van der Waals surface area contributed by atoms with E-state index in [2.05, 4.69) is 5.10 Å². The van der Waals surface area contributed by atoms with E-state index < -0.39 is 15.9 Å². The molecule has 14 heteroatoms. The van der Waals surface area contributed by atoms with E-state index in [0.717, 1.165) is 47.2 Å². The van der Waals surface area contributed by atoms with Gasteiger partial charge in [0.15, 0.2) is 0 Å². The smallest absolute Gasteiger partial charge is 0.282 e. The predicted molar refractivity (Wildman–Crippen MR) is 219 cm³/mol. The van der Waals surface area contributed by atoms with Crippen molar-refractivity contribution in [3.05, 3.63) is 145 Å². The maximum absolute atomic E-state index is 15.9. The highest BCUT2D eigenvalue weighted by atomic mass is 35.5. The van der Waals surface area contributed by atoms with E-state index >= 15 is 8.78 Å². The first-order chi connectivity index (χ1) is 26.9. The van der Waals surface area contributed by atoms with Gasteiger partial charge in [0.25, 0.3) is 10.1 Å². The summed E-state index contributed by atoms with van der Waals surface area (Å²) in [7, 11) is -4.48. The van der Waals surface area contributed by atoms with Gasteiger partial charge in [-0.05, 0) is 97.5 Å². The van der Waals surface area contributed by atoms with E-state index in [0.29, 0.717) is 81.1 Å². The van der Waals surface area contributed by atoms with Crippen molar-refractivity contribution in [1.82, 2.24) is 19.6 Å². The lowest BCUT2D eigenvalue weighted by atomic mass is 10.1. The van der Waals surface area contributed by atoms with E-state index in [-0.39, 0.29) is 21.4 Å². The lowest BCUT2D eigenvalue weighted by Gasteiger charge is -2.10. The maximum Gasteiger partial charge on any atom is 0.294 e. The number of benzene rings is 4. The van der Waals surface area contributed by atoms with E-state index in [1.54, 1.807) is 53.2 Å². The molecule has 0 unspecified atom stereocenters. The van der Waals surface area contributed by atoms with Crippen molar-refractivity contribution >= 4 is 68.2 Å². The maximum atomic E-state index is 15.9. The highest BCUT2D eigenvalue weighted by molar-refractivity contribution is 7.85. The van der Waals surface area contributed by atoms with Crippen LogP contribution in [-0.2, 0) is 23.0 Å². The molecule has 6 aromatic rings. The first kappa shape index (κ1) is 38.6. The first-order valence-electron chi connectivity index (χ1n) is 17.9. The van der Waals surface area contributed by atoms with Crippen molar-refractivity contribution in [3.63, 3.8) is 0 Å². The van der Waals surface area contributed by atoms with Gasteiger partial charge in [0, 0.05) is 45.1 Å². The Morgan fingerprint density at radius 2 is 1.16 bits per heavy atom. The van der Waals surface area contributed by atoms with Crippen LogP contribution in [0.25, 0.3) is 45.5 Å². The molecule has 7 nitrogen and oxygen atoms in total. The van der Waals surface area contributed by atoms with E-state index in [1.807, 2.05) is 24.3 Å². The zero-order valence-corrected chi connectivity index (χ0v) is 33.4. The second-order valence-corrected chi connectivity index (χ2v) is 16.9. The lowest BCUT2D eigenvalue weighted by molar-refractivity contribution is 0.483. The summed E-state index contributed by atoms with van der Waals surface area (Å²) >= 11 is 25.4. The van der Waals surface area contributed by atoms with Crippen LogP contribution in [0.4, 0.5) is 8.78 Å². The number of fused-ring (bicyclic) bond motifs is 6. The molecular formula is C42H32Cl4F2N4O3S. The number of hydrogen-bond donors (Lipinski definition) is 1. The van der Waals surface area contributed by atoms with Crippen LogP contribution in [0.5, 0.6) is 0 Å². The quantitative estimate of drug-likeness (QED) is 0.0976. The van der Waals surface area contributed by atoms with E-state index in [1.165, 1.54) is 22.9 Å². The summed E-state index contributed by atoms with van der Waals surface area (Å²) in [6.07, 6.45) is 8.03. The van der Waals surface area contributed by atoms with Gasteiger partial charge in [-0.25, -0.2) is 18.1 Å². The van der Waals surface area contributed by atoms with Gasteiger partial charge in [0.2, 0.25) is 0 Å². The Balaban J connectivity index is 0.935. The molecule has 0 aliphatic heterocycles. The van der Waals surface area contributed by atoms with Crippen molar-refractivity contribution < 1.29 is 21.8 Å². The van der Waals surface area contributed by atoms with Crippen LogP contribution in [0.1, 0.15) is 72.2 Å². The zero-order chi connectivity index (χ0) is 39.3. The number of nitrogens with zero attached hydrogens (tertiary/aromatic N) is 4. The highest BCUT2D eigenvalue weighted by Crippen LogP contribution is 2.45. The van der Waals surface area contributed by atoms with Crippen LogP contribution < -0.4 is 0 Å². The number of halogens is 6. The Bertz CT molecular complexity index is 2720. The van der Waals surface area contributed by atoms with Gasteiger partial charge in [0.1, 0.15) is 23.0 Å². The summed E-state index contributed by atoms with van der Waals surface area (Å²) in [6, 6.07) is 22.3. The molecule has 56 heavy (non-hydrogen) atoms. The Hall–Kier alpha value is -4.29. The predicted octanol–water partition coefficient (Wildman–Crippen LogP) is 12.7. The minimum Gasteiger partial charge on any atom is -0.282 e. The number of unbranched alkanes of at least 4 members (excludes halogenated alkanes) is 5. The molecule has 2 heterocycles. The molecule has 286 valence electrons. The minimum absolute atomic E-state index is 0.131. The van der Waals surface area contributed by atoms with Crippen molar-refractivity contribution in [2.75, 3.05) is 0 Å². The molecule has 2 aromatic heterocycles. The fourth-order valence-electron chi connectivity index (χ4n) is 7.50. The van der Waals surface area contributed by atoms with Crippen LogP contribution in [0.3, 0.4) is 0 Å². The third-order valence-electron chi connectivity index (χ3n) is 10.1. The van der Waals surface area contributed by atoms with Crippen LogP contribution in [0.15, 0.2) is 95.9 Å². The summed E-state index contributed by atoms with van der Waals surface area (Å²) in [4.78, 5) is -0.278. The second kappa shape index (κ2) is 15.6. The summed E-state index contributed by atoms with van der Waals surface area (Å²) in [5, 5.41) is 10.9.